The van der Waals surface area contributed by atoms with E-state index in [-0.39, 0.29) is 16.6 Å². The Hall–Kier alpha value is -1.35. The third-order valence-electron chi connectivity index (χ3n) is 5.63. The molecule has 1 aromatic rings. The third kappa shape index (κ3) is 3.81. The Labute approximate surface area is 160 Å². The molecule has 8 heteroatoms. The summed E-state index contributed by atoms with van der Waals surface area (Å²) in [5.41, 5.74) is -0.194. The standard InChI is InChI=1S/C19H27NO6S/c1-2-23-14-15-5-6-19(26-15)7-9-20(10-8-19)27(21,22)16-3-4-17-18(13-16)25-12-11-24-17/h3-4,13,15H,2,5-12,14H2,1H3. The van der Waals surface area contributed by atoms with Crippen LogP contribution in [-0.4, -0.2) is 63.9 Å². The average molecular weight is 397 g/mol. The number of fused-ring (bicyclic) bond motifs is 1. The zero-order valence-electron chi connectivity index (χ0n) is 15.7. The minimum atomic E-state index is -3.55. The highest BCUT2D eigenvalue weighted by Crippen LogP contribution is 2.40. The van der Waals surface area contributed by atoms with Crippen LogP contribution in [0.1, 0.15) is 32.6 Å². The van der Waals surface area contributed by atoms with E-state index in [4.69, 9.17) is 18.9 Å². The molecule has 1 aromatic carbocycles. The average Bonchev–Trinajstić information content (AvgIpc) is 3.08. The van der Waals surface area contributed by atoms with Crippen molar-refractivity contribution in [2.24, 2.45) is 0 Å². The molecule has 0 saturated carbocycles. The van der Waals surface area contributed by atoms with Gasteiger partial charge in [-0.2, -0.15) is 4.31 Å². The number of rotatable bonds is 5. The summed E-state index contributed by atoms with van der Waals surface area (Å²) in [6, 6.07) is 4.83. The predicted molar refractivity (Wildman–Crippen MR) is 98.8 cm³/mol. The van der Waals surface area contributed by atoms with Crippen LogP contribution in [0.2, 0.25) is 0 Å². The number of piperidine rings is 1. The van der Waals surface area contributed by atoms with Gasteiger partial charge < -0.3 is 18.9 Å². The van der Waals surface area contributed by atoms with E-state index >= 15 is 0 Å². The Balaban J connectivity index is 1.42. The highest BCUT2D eigenvalue weighted by molar-refractivity contribution is 7.89. The monoisotopic (exact) mass is 397 g/mol. The summed E-state index contributed by atoms with van der Waals surface area (Å²) in [5, 5.41) is 0. The maximum absolute atomic E-state index is 13.1. The SMILES string of the molecule is CCOCC1CCC2(CCN(S(=O)(=O)c3ccc4c(c3)OCCO4)CC2)O1. The fourth-order valence-electron chi connectivity index (χ4n) is 4.10. The summed E-state index contributed by atoms with van der Waals surface area (Å²) in [6.07, 6.45) is 3.53. The highest BCUT2D eigenvalue weighted by atomic mass is 32.2. The van der Waals surface area contributed by atoms with Crippen LogP contribution in [0.25, 0.3) is 0 Å². The van der Waals surface area contributed by atoms with Gasteiger partial charge in [-0.15, -0.1) is 0 Å². The van der Waals surface area contributed by atoms with E-state index in [0.717, 1.165) is 25.7 Å². The van der Waals surface area contributed by atoms with Crippen LogP contribution in [0.5, 0.6) is 11.5 Å². The molecule has 1 atom stereocenters. The second-order valence-corrected chi connectivity index (χ2v) is 9.27. The lowest BCUT2D eigenvalue weighted by atomic mass is 9.89. The van der Waals surface area contributed by atoms with Crippen molar-refractivity contribution in [2.45, 2.75) is 49.2 Å². The summed E-state index contributed by atoms with van der Waals surface area (Å²) in [7, 11) is -3.55. The first kappa shape index (κ1) is 19.0. The third-order valence-corrected chi connectivity index (χ3v) is 7.53. The van der Waals surface area contributed by atoms with Crippen LogP contribution in [0.15, 0.2) is 23.1 Å². The highest BCUT2D eigenvalue weighted by Gasteiger charge is 2.44. The molecule has 2 saturated heterocycles. The van der Waals surface area contributed by atoms with E-state index in [1.165, 1.54) is 0 Å². The van der Waals surface area contributed by atoms with Gasteiger partial charge in [-0.1, -0.05) is 0 Å². The topological polar surface area (TPSA) is 74.3 Å². The number of ether oxygens (including phenoxy) is 4. The molecule has 3 aliphatic rings. The van der Waals surface area contributed by atoms with Gasteiger partial charge in [-0.3, -0.25) is 0 Å². The number of benzene rings is 1. The summed E-state index contributed by atoms with van der Waals surface area (Å²) < 4.78 is 50.4. The summed E-state index contributed by atoms with van der Waals surface area (Å²) in [6.45, 7) is 5.15. The van der Waals surface area contributed by atoms with Gasteiger partial charge >= 0.3 is 0 Å². The Morgan fingerprint density at radius 1 is 1.15 bits per heavy atom. The largest absolute Gasteiger partial charge is 0.486 e. The number of hydrogen-bond donors (Lipinski definition) is 0. The van der Waals surface area contributed by atoms with E-state index in [1.54, 1.807) is 22.5 Å². The molecular formula is C19H27NO6S. The quantitative estimate of drug-likeness (QED) is 0.758. The van der Waals surface area contributed by atoms with Gasteiger partial charge in [0.25, 0.3) is 0 Å². The Morgan fingerprint density at radius 3 is 2.63 bits per heavy atom. The number of hydrogen-bond acceptors (Lipinski definition) is 6. The van der Waals surface area contributed by atoms with Crippen LogP contribution >= 0.6 is 0 Å². The van der Waals surface area contributed by atoms with Gasteiger partial charge in [0.1, 0.15) is 13.2 Å². The fraction of sp³-hybridized carbons (Fsp3) is 0.684. The number of sulfonamides is 1. The minimum Gasteiger partial charge on any atom is -0.486 e. The molecular weight excluding hydrogens is 370 g/mol. The molecule has 27 heavy (non-hydrogen) atoms. The molecule has 1 unspecified atom stereocenters. The molecule has 4 rings (SSSR count). The van der Waals surface area contributed by atoms with Crippen LogP contribution in [0.4, 0.5) is 0 Å². The van der Waals surface area contributed by atoms with E-state index in [0.29, 0.717) is 51.0 Å². The second-order valence-electron chi connectivity index (χ2n) is 7.33. The summed E-state index contributed by atoms with van der Waals surface area (Å²) in [4.78, 5) is 0.254. The van der Waals surface area contributed by atoms with Crippen LogP contribution < -0.4 is 9.47 Å². The van der Waals surface area contributed by atoms with Crippen molar-refractivity contribution in [1.82, 2.24) is 4.31 Å². The Kier molecular flexibility index (Phi) is 5.33. The first-order valence-electron chi connectivity index (χ1n) is 9.68. The lowest BCUT2D eigenvalue weighted by Crippen LogP contribution is -2.46. The molecule has 0 amide bonds. The predicted octanol–water partition coefficient (Wildman–Crippen LogP) is 2.20. The van der Waals surface area contributed by atoms with Crippen molar-refractivity contribution in [3.63, 3.8) is 0 Å². The van der Waals surface area contributed by atoms with Crippen molar-refractivity contribution in [3.8, 4) is 11.5 Å². The molecule has 1 spiro atoms. The lowest BCUT2D eigenvalue weighted by Gasteiger charge is -2.38. The lowest BCUT2D eigenvalue weighted by molar-refractivity contribution is -0.0900. The molecule has 150 valence electrons. The van der Waals surface area contributed by atoms with Gasteiger partial charge in [-0.25, -0.2) is 8.42 Å². The maximum atomic E-state index is 13.1. The maximum Gasteiger partial charge on any atom is 0.243 e. The first-order valence-corrected chi connectivity index (χ1v) is 11.1. The second kappa shape index (κ2) is 7.58. The van der Waals surface area contributed by atoms with E-state index in [1.807, 2.05) is 6.92 Å². The molecule has 0 aliphatic carbocycles. The zero-order chi connectivity index (χ0) is 18.9. The smallest absolute Gasteiger partial charge is 0.243 e. The van der Waals surface area contributed by atoms with Crippen LogP contribution in [0, 0.1) is 0 Å². The van der Waals surface area contributed by atoms with Crippen LogP contribution in [0.3, 0.4) is 0 Å². The van der Waals surface area contributed by atoms with Crippen LogP contribution in [-0.2, 0) is 19.5 Å². The molecule has 0 N–H and O–H groups in total. The molecule has 7 nitrogen and oxygen atoms in total. The van der Waals surface area contributed by atoms with Gasteiger partial charge in [-0.05, 0) is 44.7 Å². The molecule has 0 radical (unpaired) electrons. The molecule has 0 bridgehead atoms. The normalized spacial score (nSPS) is 25.0. The minimum absolute atomic E-state index is 0.130. The zero-order valence-corrected chi connectivity index (χ0v) is 16.5. The summed E-state index contributed by atoms with van der Waals surface area (Å²) >= 11 is 0. The van der Waals surface area contributed by atoms with Crippen molar-refractivity contribution in [3.05, 3.63) is 18.2 Å². The summed E-state index contributed by atoms with van der Waals surface area (Å²) in [5.74, 6) is 1.09. The fourth-order valence-corrected chi connectivity index (χ4v) is 5.55. The Morgan fingerprint density at radius 2 is 1.89 bits per heavy atom. The van der Waals surface area contributed by atoms with Gasteiger partial charge in [0.15, 0.2) is 11.5 Å². The van der Waals surface area contributed by atoms with Gasteiger partial charge in [0.05, 0.1) is 23.2 Å². The van der Waals surface area contributed by atoms with Crippen molar-refractivity contribution in [2.75, 3.05) is 39.5 Å². The van der Waals surface area contributed by atoms with E-state index in [2.05, 4.69) is 0 Å². The molecule has 3 aliphatic heterocycles. The Bertz CT molecular complexity index is 772. The van der Waals surface area contributed by atoms with Gasteiger partial charge in [0.2, 0.25) is 10.0 Å². The van der Waals surface area contributed by atoms with Crippen molar-refractivity contribution < 1.29 is 27.4 Å². The van der Waals surface area contributed by atoms with Crippen molar-refractivity contribution >= 4 is 10.0 Å². The molecule has 3 heterocycles. The first-order chi connectivity index (χ1) is 13.0. The van der Waals surface area contributed by atoms with Gasteiger partial charge in [0, 0.05) is 25.8 Å². The van der Waals surface area contributed by atoms with E-state index in [9.17, 15) is 8.42 Å². The van der Waals surface area contributed by atoms with E-state index < -0.39 is 10.0 Å². The molecule has 0 aromatic heterocycles. The molecule has 2 fully saturated rings. The number of nitrogens with zero attached hydrogens (tertiary/aromatic N) is 1. The van der Waals surface area contributed by atoms with Crippen molar-refractivity contribution in [1.29, 1.82) is 0 Å².